The maximum Gasteiger partial charge on any atom is 0.261 e. The van der Waals surface area contributed by atoms with Crippen molar-refractivity contribution in [1.82, 2.24) is 0 Å². The molecule has 2 N–H and O–H groups in total. The van der Waals surface area contributed by atoms with Gasteiger partial charge in [0.05, 0.1) is 10.6 Å². The molecule has 0 aliphatic rings. The summed E-state index contributed by atoms with van der Waals surface area (Å²) in [5.74, 6) is -0.297. The highest BCUT2D eigenvalue weighted by molar-refractivity contribution is 7.92. The number of benzene rings is 3. The SMILES string of the molecule is Cc1ccc(C)c(NS(=O)(=O)c2ccc(NC(=O)c3ccc(Cl)cc3)c(C)c2)c1. The van der Waals surface area contributed by atoms with Gasteiger partial charge in [-0.25, -0.2) is 8.42 Å². The Morgan fingerprint density at radius 1 is 0.828 bits per heavy atom. The lowest BCUT2D eigenvalue weighted by Gasteiger charge is -2.14. The van der Waals surface area contributed by atoms with Crippen LogP contribution in [0.5, 0.6) is 0 Å². The van der Waals surface area contributed by atoms with Crippen molar-refractivity contribution in [3.8, 4) is 0 Å². The number of carbonyl (C=O) groups is 1. The number of nitrogens with one attached hydrogen (secondary N) is 2. The zero-order valence-electron chi connectivity index (χ0n) is 16.3. The first-order valence-electron chi connectivity index (χ1n) is 8.93. The van der Waals surface area contributed by atoms with Gasteiger partial charge in [-0.3, -0.25) is 9.52 Å². The molecule has 0 fully saturated rings. The third-order valence-corrected chi connectivity index (χ3v) is 6.12. The Bertz CT molecular complexity index is 1170. The summed E-state index contributed by atoms with van der Waals surface area (Å²) < 4.78 is 28.2. The zero-order valence-corrected chi connectivity index (χ0v) is 17.9. The van der Waals surface area contributed by atoms with E-state index in [-0.39, 0.29) is 10.8 Å². The predicted molar refractivity (Wildman–Crippen MR) is 117 cm³/mol. The van der Waals surface area contributed by atoms with Gasteiger partial charge >= 0.3 is 0 Å². The molecule has 0 saturated carbocycles. The molecule has 0 spiro atoms. The molecule has 29 heavy (non-hydrogen) atoms. The third-order valence-electron chi connectivity index (χ3n) is 4.50. The van der Waals surface area contributed by atoms with Gasteiger partial charge in [-0.15, -0.1) is 0 Å². The van der Waals surface area contributed by atoms with E-state index in [0.717, 1.165) is 11.1 Å². The van der Waals surface area contributed by atoms with Gasteiger partial charge in [0.15, 0.2) is 0 Å². The van der Waals surface area contributed by atoms with Crippen molar-refractivity contribution in [3.63, 3.8) is 0 Å². The van der Waals surface area contributed by atoms with E-state index in [2.05, 4.69) is 10.0 Å². The zero-order chi connectivity index (χ0) is 21.2. The van der Waals surface area contributed by atoms with Gasteiger partial charge in [0.1, 0.15) is 0 Å². The average molecular weight is 429 g/mol. The van der Waals surface area contributed by atoms with Crippen molar-refractivity contribution < 1.29 is 13.2 Å². The molecular formula is C22H21ClN2O3S. The van der Waals surface area contributed by atoms with Crippen LogP contribution < -0.4 is 10.0 Å². The Kier molecular flexibility index (Phi) is 5.96. The van der Waals surface area contributed by atoms with Crippen LogP contribution in [0.4, 0.5) is 11.4 Å². The number of hydrogen-bond donors (Lipinski definition) is 2. The predicted octanol–water partition coefficient (Wildman–Crippen LogP) is 5.32. The van der Waals surface area contributed by atoms with E-state index in [1.165, 1.54) is 12.1 Å². The second-order valence-corrected chi connectivity index (χ2v) is 8.98. The van der Waals surface area contributed by atoms with Gasteiger partial charge < -0.3 is 5.32 Å². The molecule has 0 aliphatic heterocycles. The monoisotopic (exact) mass is 428 g/mol. The van der Waals surface area contributed by atoms with Crippen LogP contribution in [-0.4, -0.2) is 14.3 Å². The summed E-state index contributed by atoms with van der Waals surface area (Å²) >= 11 is 5.84. The molecule has 0 atom stereocenters. The molecule has 0 unspecified atom stereocenters. The molecule has 0 heterocycles. The van der Waals surface area contributed by atoms with Crippen LogP contribution in [0.25, 0.3) is 0 Å². The van der Waals surface area contributed by atoms with Crippen molar-refractivity contribution in [2.45, 2.75) is 25.7 Å². The van der Waals surface area contributed by atoms with E-state index in [4.69, 9.17) is 11.6 Å². The molecule has 3 aromatic carbocycles. The second kappa shape index (κ2) is 8.27. The Balaban J connectivity index is 1.82. The fourth-order valence-electron chi connectivity index (χ4n) is 2.79. The highest BCUT2D eigenvalue weighted by atomic mass is 35.5. The highest BCUT2D eigenvalue weighted by Gasteiger charge is 2.17. The number of rotatable bonds is 5. The van der Waals surface area contributed by atoms with Gasteiger partial charge in [0.25, 0.3) is 15.9 Å². The smallest absolute Gasteiger partial charge is 0.261 e. The van der Waals surface area contributed by atoms with E-state index in [0.29, 0.717) is 27.5 Å². The summed E-state index contributed by atoms with van der Waals surface area (Å²) in [6.45, 7) is 5.49. The fraction of sp³-hybridized carbons (Fsp3) is 0.136. The largest absolute Gasteiger partial charge is 0.322 e. The van der Waals surface area contributed by atoms with Crippen LogP contribution in [0.15, 0.2) is 65.6 Å². The number of carbonyl (C=O) groups excluding carboxylic acids is 1. The molecule has 0 saturated heterocycles. The van der Waals surface area contributed by atoms with Crippen LogP contribution >= 0.6 is 11.6 Å². The van der Waals surface area contributed by atoms with E-state index in [9.17, 15) is 13.2 Å². The highest BCUT2D eigenvalue weighted by Crippen LogP contribution is 2.24. The molecule has 0 aromatic heterocycles. The van der Waals surface area contributed by atoms with Crippen molar-refractivity contribution in [1.29, 1.82) is 0 Å². The summed E-state index contributed by atoms with van der Waals surface area (Å²) in [6.07, 6.45) is 0. The average Bonchev–Trinajstić information content (AvgIpc) is 2.66. The lowest BCUT2D eigenvalue weighted by Crippen LogP contribution is -2.15. The number of hydrogen-bond acceptors (Lipinski definition) is 3. The molecule has 150 valence electrons. The van der Waals surface area contributed by atoms with Gasteiger partial charge in [-0.2, -0.15) is 0 Å². The summed E-state index contributed by atoms with van der Waals surface area (Å²) in [5.41, 5.74) is 3.98. The number of halogens is 1. The quantitative estimate of drug-likeness (QED) is 0.577. The molecule has 3 rings (SSSR count). The van der Waals surface area contributed by atoms with Crippen LogP contribution in [0.2, 0.25) is 5.02 Å². The van der Waals surface area contributed by atoms with E-state index >= 15 is 0 Å². The Morgan fingerprint density at radius 2 is 1.52 bits per heavy atom. The standard InChI is InChI=1S/C22H21ClN2O3S/c1-14-4-5-15(2)21(12-14)25-29(27,28)19-10-11-20(16(3)13-19)24-22(26)17-6-8-18(23)9-7-17/h4-13,25H,1-3H3,(H,24,26). The van der Waals surface area contributed by atoms with Crippen molar-refractivity contribution >= 4 is 38.9 Å². The molecule has 0 bridgehead atoms. The lowest BCUT2D eigenvalue weighted by atomic mass is 10.1. The van der Waals surface area contributed by atoms with Crippen LogP contribution in [-0.2, 0) is 10.0 Å². The van der Waals surface area contributed by atoms with Crippen LogP contribution in [0.1, 0.15) is 27.0 Å². The van der Waals surface area contributed by atoms with Crippen molar-refractivity contribution in [2.75, 3.05) is 10.0 Å². The van der Waals surface area contributed by atoms with E-state index < -0.39 is 10.0 Å². The van der Waals surface area contributed by atoms with Gasteiger partial charge in [0, 0.05) is 16.3 Å². The summed E-state index contributed by atoms with van der Waals surface area (Å²) in [4.78, 5) is 12.5. The lowest BCUT2D eigenvalue weighted by molar-refractivity contribution is 0.102. The van der Waals surface area contributed by atoms with E-state index in [1.54, 1.807) is 43.3 Å². The number of anilines is 2. The van der Waals surface area contributed by atoms with Crippen molar-refractivity contribution in [2.24, 2.45) is 0 Å². The molecule has 1 amide bonds. The Labute approximate surface area is 175 Å². The normalized spacial score (nSPS) is 11.2. The number of sulfonamides is 1. The van der Waals surface area contributed by atoms with E-state index in [1.807, 2.05) is 26.0 Å². The first kappa shape index (κ1) is 20.9. The number of amides is 1. The fourth-order valence-corrected chi connectivity index (χ4v) is 4.12. The Hall–Kier alpha value is -2.83. The molecule has 5 nitrogen and oxygen atoms in total. The van der Waals surface area contributed by atoms with Crippen molar-refractivity contribution in [3.05, 3.63) is 87.9 Å². The molecule has 3 aromatic rings. The van der Waals surface area contributed by atoms with Gasteiger partial charge in [-0.1, -0.05) is 23.7 Å². The minimum absolute atomic E-state index is 0.125. The van der Waals surface area contributed by atoms with Crippen LogP contribution in [0.3, 0.4) is 0 Å². The third kappa shape index (κ3) is 4.96. The molecule has 7 heteroatoms. The Morgan fingerprint density at radius 3 is 2.17 bits per heavy atom. The maximum absolute atomic E-state index is 12.8. The first-order valence-corrected chi connectivity index (χ1v) is 10.8. The second-order valence-electron chi connectivity index (χ2n) is 6.86. The minimum Gasteiger partial charge on any atom is -0.322 e. The van der Waals surface area contributed by atoms with Gasteiger partial charge in [0.2, 0.25) is 0 Å². The summed E-state index contributed by atoms with van der Waals surface area (Å²) in [7, 11) is -3.75. The van der Waals surface area contributed by atoms with Crippen LogP contribution in [0, 0.1) is 20.8 Å². The molecule has 0 radical (unpaired) electrons. The van der Waals surface area contributed by atoms with Gasteiger partial charge in [-0.05, 0) is 86.0 Å². The first-order chi connectivity index (χ1) is 13.7. The molecular weight excluding hydrogens is 408 g/mol. The maximum atomic E-state index is 12.8. The number of aryl methyl sites for hydroxylation is 3. The molecule has 0 aliphatic carbocycles. The summed E-state index contributed by atoms with van der Waals surface area (Å²) in [6, 6.07) is 16.7. The minimum atomic E-state index is -3.75. The topological polar surface area (TPSA) is 75.3 Å². The summed E-state index contributed by atoms with van der Waals surface area (Å²) in [5, 5.41) is 3.34.